The van der Waals surface area contributed by atoms with E-state index in [9.17, 15) is 13.2 Å². The number of carbonyl (C=O) groups is 1. The maximum atomic E-state index is 14.4. The van der Waals surface area contributed by atoms with Crippen molar-refractivity contribution >= 4 is 48.7 Å². The number of nitrogens with zero attached hydrogens (tertiary/aromatic N) is 4. The Hall–Kier alpha value is -3.71. The molecule has 3 aliphatic heterocycles. The van der Waals surface area contributed by atoms with Crippen molar-refractivity contribution in [2.75, 3.05) is 32.1 Å². The molecule has 0 radical (unpaired) electrons. The molecule has 7 heterocycles. The first-order valence-electron chi connectivity index (χ1n) is 17.0. The van der Waals surface area contributed by atoms with E-state index < -0.39 is 10.0 Å². The molecule has 0 spiro atoms. The summed E-state index contributed by atoms with van der Waals surface area (Å²) < 4.78 is 37.0. The average Bonchev–Trinajstić information content (AvgIpc) is 3.89. The monoisotopic (exact) mass is 684 g/mol. The Kier molecular flexibility index (Phi) is 8.30. The summed E-state index contributed by atoms with van der Waals surface area (Å²) in [4.78, 5) is 28.5. The van der Waals surface area contributed by atoms with E-state index in [4.69, 9.17) is 14.7 Å². The van der Waals surface area contributed by atoms with E-state index in [0.29, 0.717) is 40.6 Å². The Labute approximate surface area is 285 Å². The number of hydrogen-bond acceptors (Lipinski definition) is 9. The molecular weight excluding hydrogens is 645 g/mol. The van der Waals surface area contributed by atoms with Crippen molar-refractivity contribution in [1.82, 2.24) is 24.6 Å². The van der Waals surface area contributed by atoms with Gasteiger partial charge in [-0.25, -0.2) is 13.4 Å². The number of anilines is 1. The van der Waals surface area contributed by atoms with Crippen molar-refractivity contribution < 1.29 is 17.9 Å². The molecule has 12 heteroatoms. The predicted octanol–water partition coefficient (Wildman–Crippen LogP) is 6.20. The highest BCUT2D eigenvalue weighted by Gasteiger charge is 2.49. The largest absolute Gasteiger partial charge is 0.381 e. The number of ether oxygens (including phenoxy) is 1. The van der Waals surface area contributed by atoms with Crippen LogP contribution in [0.1, 0.15) is 85.7 Å². The van der Waals surface area contributed by atoms with E-state index in [2.05, 4.69) is 27.8 Å². The van der Waals surface area contributed by atoms with Crippen LogP contribution in [0.3, 0.4) is 0 Å². The lowest BCUT2D eigenvalue weighted by Crippen LogP contribution is -2.23. The Morgan fingerprint density at radius 1 is 1.15 bits per heavy atom. The van der Waals surface area contributed by atoms with Crippen molar-refractivity contribution in [3.05, 3.63) is 70.9 Å². The summed E-state index contributed by atoms with van der Waals surface area (Å²) in [7, 11) is -2.21. The fraction of sp³-hybridized carbons (Fsp3) is 0.444. The number of aromatic nitrogens is 3. The van der Waals surface area contributed by atoms with Crippen LogP contribution in [0.15, 0.2) is 47.6 Å². The van der Waals surface area contributed by atoms with Gasteiger partial charge >= 0.3 is 0 Å². The van der Waals surface area contributed by atoms with E-state index in [1.807, 2.05) is 25.3 Å². The number of likely N-dealkylation sites (N-methyl/N-ethyl adjacent to an activating group) is 1. The number of carbonyl (C=O) groups excluding carboxylic acids is 1. The Bertz CT molecular complexity index is 2050. The Morgan fingerprint density at radius 2 is 2.00 bits per heavy atom. The van der Waals surface area contributed by atoms with Crippen LogP contribution in [0.4, 0.5) is 5.82 Å². The lowest BCUT2D eigenvalue weighted by Gasteiger charge is -2.23. The van der Waals surface area contributed by atoms with Crippen LogP contribution in [0, 0.1) is 5.92 Å². The van der Waals surface area contributed by atoms with Gasteiger partial charge in [0.05, 0.1) is 22.5 Å². The number of aryl methyl sites for hydroxylation is 2. The molecule has 4 aliphatic rings. The number of hydrogen-bond donors (Lipinski definition) is 2. The minimum absolute atomic E-state index is 0.0974. The maximum Gasteiger partial charge on any atom is 0.246 e. The van der Waals surface area contributed by atoms with Gasteiger partial charge in [-0.1, -0.05) is 6.07 Å². The van der Waals surface area contributed by atoms with E-state index in [1.54, 1.807) is 35.0 Å². The lowest BCUT2D eigenvalue weighted by atomic mass is 9.89. The molecule has 1 aliphatic carbocycles. The average molecular weight is 685 g/mol. The summed E-state index contributed by atoms with van der Waals surface area (Å²) in [5, 5.41) is 7.38. The minimum atomic E-state index is -3.81. The number of nitrogens with one attached hydrogen (secondary N) is 2. The number of amides is 1. The third kappa shape index (κ3) is 5.42. The first-order valence-corrected chi connectivity index (χ1v) is 19.2. The predicted molar refractivity (Wildman–Crippen MR) is 187 cm³/mol. The van der Waals surface area contributed by atoms with E-state index in [0.717, 1.165) is 95.9 Å². The fourth-order valence-electron chi connectivity index (χ4n) is 8.02. The zero-order valence-electron chi connectivity index (χ0n) is 27.3. The molecule has 48 heavy (non-hydrogen) atoms. The zero-order valence-corrected chi connectivity index (χ0v) is 28.9. The summed E-state index contributed by atoms with van der Waals surface area (Å²) >= 11 is 1.55. The molecule has 8 rings (SSSR count). The molecule has 2 N–H and O–H groups in total. The Balaban J connectivity index is 1.31. The molecular formula is C36H40N6O4S2. The van der Waals surface area contributed by atoms with Crippen LogP contribution in [-0.2, 0) is 32.4 Å². The number of pyridine rings is 3. The van der Waals surface area contributed by atoms with Gasteiger partial charge in [0.15, 0.2) is 0 Å². The second-order valence-corrected chi connectivity index (χ2v) is 16.2. The van der Waals surface area contributed by atoms with Gasteiger partial charge in [-0.15, -0.1) is 11.3 Å². The fourth-order valence-corrected chi connectivity index (χ4v) is 11.3. The number of thiophene rings is 1. The molecule has 1 amide bonds. The first-order chi connectivity index (χ1) is 23.3. The first kappa shape index (κ1) is 31.6. The van der Waals surface area contributed by atoms with Gasteiger partial charge in [-0.3, -0.25) is 14.8 Å². The van der Waals surface area contributed by atoms with Crippen molar-refractivity contribution in [2.24, 2.45) is 5.92 Å². The quantitative estimate of drug-likeness (QED) is 0.210. The highest BCUT2D eigenvalue weighted by Crippen LogP contribution is 2.53. The van der Waals surface area contributed by atoms with Crippen molar-refractivity contribution in [2.45, 2.75) is 75.3 Å². The van der Waals surface area contributed by atoms with Crippen molar-refractivity contribution in [3.63, 3.8) is 0 Å². The van der Waals surface area contributed by atoms with Crippen molar-refractivity contribution in [1.29, 1.82) is 0 Å². The smallest absolute Gasteiger partial charge is 0.246 e. The van der Waals surface area contributed by atoms with Crippen LogP contribution in [0.25, 0.3) is 26.1 Å². The summed E-state index contributed by atoms with van der Waals surface area (Å²) in [6.45, 7) is 3.92. The third-order valence-electron chi connectivity index (χ3n) is 10.4. The van der Waals surface area contributed by atoms with Crippen LogP contribution in [0.2, 0.25) is 0 Å². The van der Waals surface area contributed by atoms with Crippen LogP contribution < -0.4 is 10.6 Å². The van der Waals surface area contributed by atoms with Gasteiger partial charge in [-0.2, -0.15) is 4.31 Å². The molecule has 2 fully saturated rings. The van der Waals surface area contributed by atoms with Gasteiger partial charge in [0, 0.05) is 72.7 Å². The number of fused-ring (bicyclic) bond motifs is 5. The molecule has 0 bridgehead atoms. The van der Waals surface area contributed by atoms with Crippen molar-refractivity contribution in [3.8, 4) is 10.4 Å². The summed E-state index contributed by atoms with van der Waals surface area (Å²) in [5.41, 5.74) is 5.94. The molecule has 250 valence electrons. The maximum absolute atomic E-state index is 14.4. The highest BCUT2D eigenvalue weighted by molar-refractivity contribution is 7.89. The van der Waals surface area contributed by atoms with Gasteiger partial charge in [0.2, 0.25) is 15.9 Å². The summed E-state index contributed by atoms with van der Waals surface area (Å²) in [5.74, 6) is 1.05. The molecule has 2 saturated heterocycles. The standard InChI is InChI=1S/C36H40N6O4S2/c1-21(19-30(43)37-2)31-27(8-7-22-12-17-46-18-13-22)40-33-28-6-4-16-42(28)48(44,45)35(33)32(31)29-20-23-11-15-39-36(34(23)47-29)41-26-10-9-25-24(26)5-3-14-38-25/h3,5,11,14-15,19-20,22,26,28H,4,6-10,12-13,16-18H2,1-2H3,(H,37,43)(H,39,41)/b21-19+/t26?,28-/m0/s1. The lowest BCUT2D eigenvalue weighted by molar-refractivity contribution is -0.116. The molecule has 4 aromatic rings. The van der Waals surface area contributed by atoms with E-state index in [-0.39, 0.29) is 18.0 Å². The molecule has 2 atom stereocenters. The van der Waals surface area contributed by atoms with E-state index in [1.165, 1.54) is 5.56 Å². The molecule has 1 unspecified atom stereocenters. The SMILES string of the molecule is CNC(=O)/C=C(\C)c1c(CCC2CCOCC2)nc2c(c1-c1cc3ccnc(NC4CCc5ncccc54)c3s1)S(=O)(=O)N1CCC[C@@H]21. The van der Waals surface area contributed by atoms with Gasteiger partial charge < -0.3 is 15.4 Å². The number of sulfonamides is 1. The molecule has 4 aromatic heterocycles. The highest BCUT2D eigenvalue weighted by atomic mass is 32.2. The van der Waals surface area contributed by atoms with Gasteiger partial charge in [-0.05, 0) is 98.9 Å². The molecule has 0 saturated carbocycles. The molecule has 0 aromatic carbocycles. The van der Waals surface area contributed by atoms with Gasteiger partial charge in [0.25, 0.3) is 0 Å². The normalized spacial score (nSPS) is 22.1. The third-order valence-corrected chi connectivity index (χ3v) is 13.6. The number of rotatable bonds is 8. The second-order valence-electron chi connectivity index (χ2n) is 13.3. The van der Waals surface area contributed by atoms with Gasteiger partial charge in [0.1, 0.15) is 10.7 Å². The topological polar surface area (TPSA) is 126 Å². The second kappa shape index (κ2) is 12.6. The summed E-state index contributed by atoms with van der Waals surface area (Å²) in [6.07, 6.45) is 12.3. The zero-order chi connectivity index (χ0) is 33.0. The van der Waals surface area contributed by atoms with E-state index >= 15 is 0 Å². The van der Waals surface area contributed by atoms with Crippen LogP contribution >= 0.6 is 11.3 Å². The Morgan fingerprint density at radius 3 is 2.83 bits per heavy atom. The van der Waals surface area contributed by atoms with Crippen LogP contribution in [0.5, 0.6) is 0 Å². The summed E-state index contributed by atoms with van der Waals surface area (Å²) in [6, 6.07) is 8.01. The van der Waals surface area contributed by atoms with Crippen LogP contribution in [-0.4, -0.2) is 60.4 Å². The minimum Gasteiger partial charge on any atom is -0.381 e. The number of allylic oxidation sites excluding steroid dienone is 1. The molecule has 10 nitrogen and oxygen atoms in total.